The molecule has 2 aromatic rings. The fraction of sp³-hybridized carbons (Fsp3) is 0.150. The molecule has 28 heavy (non-hydrogen) atoms. The van der Waals surface area contributed by atoms with Crippen LogP contribution in [0.5, 0.6) is 11.5 Å². The molecule has 2 aromatic carbocycles. The topological polar surface area (TPSA) is 111 Å². The third-order valence-electron chi connectivity index (χ3n) is 3.38. The van der Waals surface area contributed by atoms with Crippen molar-refractivity contribution in [3.63, 3.8) is 0 Å². The highest BCUT2D eigenvalue weighted by Gasteiger charge is 2.11. The molecule has 0 atom stereocenters. The number of carboxylic acid groups (broad SMARTS) is 1. The van der Waals surface area contributed by atoms with Crippen LogP contribution in [0.1, 0.15) is 12.5 Å². The Morgan fingerprint density at radius 3 is 2.68 bits per heavy atom. The lowest BCUT2D eigenvalue weighted by atomic mass is 10.1. The van der Waals surface area contributed by atoms with Crippen LogP contribution in [-0.2, 0) is 9.59 Å². The number of hydrogen-bond donors (Lipinski definition) is 1. The number of ether oxygens (including phenoxy) is 2. The first-order valence-corrected chi connectivity index (χ1v) is 9.00. The molecule has 8 heteroatoms. The van der Waals surface area contributed by atoms with E-state index in [0.29, 0.717) is 33.8 Å². The Morgan fingerprint density at radius 2 is 2.04 bits per heavy atom. The second-order valence-corrected chi connectivity index (χ2v) is 6.29. The highest BCUT2D eigenvalue weighted by Crippen LogP contribution is 2.27. The zero-order valence-electron chi connectivity index (χ0n) is 14.9. The first kappa shape index (κ1) is 21.0. The molecule has 0 aromatic heterocycles. The molecule has 0 aliphatic rings. The van der Waals surface area contributed by atoms with E-state index in [1.807, 2.05) is 13.0 Å². The van der Waals surface area contributed by atoms with Crippen molar-refractivity contribution in [2.75, 3.05) is 18.5 Å². The summed E-state index contributed by atoms with van der Waals surface area (Å²) in [5.74, 6) is -0.992. The van der Waals surface area contributed by atoms with Gasteiger partial charge in [0, 0.05) is 11.8 Å². The molecule has 0 saturated heterocycles. The number of carbonyl (C=O) groups is 2. The lowest BCUT2D eigenvalue weighted by Gasteiger charge is -2.09. The summed E-state index contributed by atoms with van der Waals surface area (Å²) in [5.41, 5.74) is 0.962. The van der Waals surface area contributed by atoms with Crippen molar-refractivity contribution in [1.29, 1.82) is 5.26 Å². The second-order valence-electron chi connectivity index (χ2n) is 5.44. The van der Waals surface area contributed by atoms with Crippen molar-refractivity contribution in [2.24, 2.45) is 0 Å². The second kappa shape index (κ2) is 10.1. The average Bonchev–Trinajstić information content (AvgIpc) is 2.65. The predicted molar refractivity (Wildman–Crippen MR) is 104 cm³/mol. The van der Waals surface area contributed by atoms with Gasteiger partial charge >= 0.3 is 0 Å². The number of anilines is 1. The third-order valence-corrected chi connectivity index (χ3v) is 4.00. The summed E-state index contributed by atoms with van der Waals surface area (Å²) in [6.07, 6.45) is 1.41. The fourth-order valence-corrected chi connectivity index (χ4v) is 2.72. The SMILES string of the molecule is CCOc1cccc(NC(=O)/C(C#N)=C\c2ccc(OCC(=O)[O-])c(Br)c2)c1. The van der Waals surface area contributed by atoms with E-state index in [-0.39, 0.29) is 5.57 Å². The normalized spacial score (nSPS) is 10.7. The first-order chi connectivity index (χ1) is 13.4. The summed E-state index contributed by atoms with van der Waals surface area (Å²) in [7, 11) is 0. The van der Waals surface area contributed by atoms with Crippen molar-refractivity contribution in [3.8, 4) is 17.6 Å². The monoisotopic (exact) mass is 443 g/mol. The van der Waals surface area contributed by atoms with Crippen molar-refractivity contribution in [2.45, 2.75) is 6.92 Å². The van der Waals surface area contributed by atoms with Gasteiger partial charge < -0.3 is 24.7 Å². The minimum atomic E-state index is -1.34. The van der Waals surface area contributed by atoms with Crippen LogP contribution in [0.4, 0.5) is 5.69 Å². The van der Waals surface area contributed by atoms with Gasteiger partial charge in [0.2, 0.25) is 0 Å². The molecular formula is C20H16BrN2O5-. The van der Waals surface area contributed by atoms with Gasteiger partial charge in [-0.1, -0.05) is 12.1 Å². The summed E-state index contributed by atoms with van der Waals surface area (Å²) in [5, 5.41) is 22.5. The third kappa shape index (κ3) is 6.14. The van der Waals surface area contributed by atoms with Gasteiger partial charge in [0.15, 0.2) is 0 Å². The van der Waals surface area contributed by atoms with Crippen LogP contribution in [0.3, 0.4) is 0 Å². The molecule has 0 unspecified atom stereocenters. The number of halogens is 1. The quantitative estimate of drug-likeness (QED) is 0.495. The van der Waals surface area contributed by atoms with Crippen molar-refractivity contribution >= 4 is 39.6 Å². The average molecular weight is 444 g/mol. The Labute approximate surface area is 170 Å². The standard InChI is InChI=1S/C20H17BrN2O5/c1-2-27-16-5-3-4-15(10-16)23-20(26)14(11-22)8-13-6-7-18(17(21)9-13)28-12-19(24)25/h3-10H,2,12H2,1H3,(H,23,26)(H,24,25)/p-1/b14-8-. The molecule has 0 aliphatic heterocycles. The zero-order valence-corrected chi connectivity index (χ0v) is 16.5. The zero-order chi connectivity index (χ0) is 20.5. The van der Waals surface area contributed by atoms with Crippen LogP contribution in [0.15, 0.2) is 52.5 Å². The summed E-state index contributed by atoms with van der Waals surface area (Å²) in [6.45, 7) is 1.77. The van der Waals surface area contributed by atoms with Gasteiger partial charge in [-0.2, -0.15) is 5.26 Å². The van der Waals surface area contributed by atoms with Gasteiger partial charge in [-0.3, -0.25) is 4.79 Å². The number of rotatable bonds is 8. The van der Waals surface area contributed by atoms with Crippen LogP contribution in [0.2, 0.25) is 0 Å². The van der Waals surface area contributed by atoms with Crippen LogP contribution in [-0.4, -0.2) is 25.1 Å². The summed E-state index contributed by atoms with van der Waals surface area (Å²) in [6, 6.07) is 13.4. The van der Waals surface area contributed by atoms with Crippen LogP contribution in [0, 0.1) is 11.3 Å². The molecule has 0 fully saturated rings. The number of aliphatic carboxylic acids is 1. The molecule has 1 amide bonds. The summed E-state index contributed by atoms with van der Waals surface area (Å²) >= 11 is 3.26. The molecule has 144 valence electrons. The van der Waals surface area contributed by atoms with E-state index in [2.05, 4.69) is 21.2 Å². The van der Waals surface area contributed by atoms with E-state index >= 15 is 0 Å². The highest BCUT2D eigenvalue weighted by atomic mass is 79.9. The molecule has 0 bridgehead atoms. The van der Waals surface area contributed by atoms with Crippen molar-refractivity contribution in [3.05, 3.63) is 58.1 Å². The Morgan fingerprint density at radius 1 is 1.25 bits per heavy atom. The minimum Gasteiger partial charge on any atom is -0.546 e. The lowest BCUT2D eigenvalue weighted by Crippen LogP contribution is -2.29. The highest BCUT2D eigenvalue weighted by molar-refractivity contribution is 9.10. The van der Waals surface area contributed by atoms with Gasteiger partial charge in [0.1, 0.15) is 29.7 Å². The number of carboxylic acids is 1. The molecule has 2 rings (SSSR count). The number of amides is 1. The molecule has 0 saturated carbocycles. The molecule has 7 nitrogen and oxygen atoms in total. The fourth-order valence-electron chi connectivity index (χ4n) is 2.20. The number of nitriles is 1. The maximum atomic E-state index is 12.4. The Hall–Kier alpha value is -3.31. The van der Waals surface area contributed by atoms with Gasteiger partial charge in [-0.05, 0) is 58.8 Å². The van der Waals surface area contributed by atoms with E-state index in [0.717, 1.165) is 0 Å². The number of carbonyl (C=O) groups excluding carboxylic acids is 2. The van der Waals surface area contributed by atoms with E-state index < -0.39 is 18.5 Å². The van der Waals surface area contributed by atoms with Crippen molar-refractivity contribution < 1.29 is 24.2 Å². The first-order valence-electron chi connectivity index (χ1n) is 8.21. The Kier molecular flexibility index (Phi) is 7.60. The van der Waals surface area contributed by atoms with Gasteiger partial charge in [-0.15, -0.1) is 0 Å². The summed E-state index contributed by atoms with van der Waals surface area (Å²) < 4.78 is 10.9. The molecule has 0 spiro atoms. The van der Waals surface area contributed by atoms with Crippen LogP contribution in [0.25, 0.3) is 6.08 Å². The van der Waals surface area contributed by atoms with Crippen molar-refractivity contribution in [1.82, 2.24) is 0 Å². The number of nitrogens with zero attached hydrogens (tertiary/aromatic N) is 1. The van der Waals surface area contributed by atoms with Gasteiger partial charge in [0.05, 0.1) is 17.0 Å². The number of hydrogen-bond acceptors (Lipinski definition) is 6. The lowest BCUT2D eigenvalue weighted by molar-refractivity contribution is -0.307. The molecule has 0 radical (unpaired) electrons. The van der Waals surface area contributed by atoms with Crippen LogP contribution >= 0.6 is 15.9 Å². The predicted octanol–water partition coefficient (Wildman–Crippen LogP) is 2.52. The van der Waals surface area contributed by atoms with E-state index in [1.165, 1.54) is 12.1 Å². The number of nitrogens with one attached hydrogen (secondary N) is 1. The Balaban J connectivity index is 2.15. The summed E-state index contributed by atoms with van der Waals surface area (Å²) in [4.78, 5) is 22.9. The Bertz CT molecular complexity index is 950. The maximum absolute atomic E-state index is 12.4. The molecule has 0 heterocycles. The van der Waals surface area contributed by atoms with Gasteiger partial charge in [0.25, 0.3) is 5.91 Å². The molecule has 1 N–H and O–H groups in total. The van der Waals surface area contributed by atoms with E-state index in [9.17, 15) is 20.0 Å². The minimum absolute atomic E-state index is 0.0999. The van der Waals surface area contributed by atoms with E-state index in [4.69, 9.17) is 9.47 Å². The van der Waals surface area contributed by atoms with Crippen LogP contribution < -0.4 is 19.9 Å². The smallest absolute Gasteiger partial charge is 0.266 e. The van der Waals surface area contributed by atoms with E-state index in [1.54, 1.807) is 36.4 Å². The van der Waals surface area contributed by atoms with Gasteiger partial charge in [-0.25, -0.2) is 0 Å². The number of benzene rings is 2. The largest absolute Gasteiger partial charge is 0.546 e. The molecular weight excluding hydrogens is 428 g/mol. The maximum Gasteiger partial charge on any atom is 0.266 e. The molecule has 0 aliphatic carbocycles.